The predicted molar refractivity (Wildman–Crippen MR) is 101 cm³/mol. The van der Waals surface area contributed by atoms with Gasteiger partial charge in [0.05, 0.1) is 0 Å². The number of nitrogens with one attached hydrogen (secondary N) is 1. The fourth-order valence-corrected chi connectivity index (χ4v) is 2.43. The third kappa shape index (κ3) is 5.76. The quantitative estimate of drug-likeness (QED) is 0.615. The molecular formula is C20H20ClNO3. The summed E-state index contributed by atoms with van der Waals surface area (Å²) in [6.07, 6.45) is 3.69. The molecule has 4 nitrogen and oxygen atoms in total. The summed E-state index contributed by atoms with van der Waals surface area (Å²) in [6, 6.07) is 12.9. The molecule has 0 aliphatic carbocycles. The Morgan fingerprint density at radius 1 is 1.16 bits per heavy atom. The minimum absolute atomic E-state index is 0.332. The maximum atomic E-state index is 12.0. The van der Waals surface area contributed by atoms with Crippen LogP contribution in [0.2, 0.25) is 5.02 Å². The van der Waals surface area contributed by atoms with Gasteiger partial charge in [0.25, 0.3) is 5.91 Å². The summed E-state index contributed by atoms with van der Waals surface area (Å²) in [6.45, 7) is 3.61. The molecule has 2 aromatic rings. The molecule has 130 valence electrons. The first-order valence-corrected chi connectivity index (χ1v) is 8.36. The average Bonchev–Trinajstić information content (AvgIpc) is 2.61. The number of anilines is 1. The number of aryl methyl sites for hydroxylation is 2. The van der Waals surface area contributed by atoms with E-state index in [1.165, 1.54) is 6.08 Å². The highest BCUT2D eigenvalue weighted by Gasteiger charge is 2.10. The van der Waals surface area contributed by atoms with Gasteiger partial charge in [-0.05, 0) is 48.2 Å². The number of para-hydroxylation sites is 1. The van der Waals surface area contributed by atoms with Gasteiger partial charge in [0, 0.05) is 16.8 Å². The molecule has 5 heteroatoms. The smallest absolute Gasteiger partial charge is 0.331 e. The van der Waals surface area contributed by atoms with E-state index in [-0.39, 0.29) is 12.5 Å². The molecule has 0 bridgehead atoms. The highest BCUT2D eigenvalue weighted by Crippen LogP contribution is 2.20. The van der Waals surface area contributed by atoms with Crippen LogP contribution in [0.4, 0.5) is 5.69 Å². The van der Waals surface area contributed by atoms with Crippen LogP contribution in [-0.4, -0.2) is 18.5 Å². The van der Waals surface area contributed by atoms with Crippen molar-refractivity contribution in [3.05, 3.63) is 70.3 Å². The standard InChI is InChI=1S/C20H20ClNO3/c1-3-16-6-4-5-14(2)20(16)22-18(23)13-25-19(24)12-9-15-7-10-17(21)11-8-15/h4-12H,3,13H2,1-2H3,(H,22,23)/b12-9+. The average molecular weight is 358 g/mol. The Hall–Kier alpha value is -2.59. The molecule has 0 aliphatic rings. The molecule has 0 aromatic heterocycles. The zero-order chi connectivity index (χ0) is 18.2. The number of benzene rings is 2. The van der Waals surface area contributed by atoms with Crippen LogP contribution in [0.3, 0.4) is 0 Å². The number of ether oxygens (including phenoxy) is 1. The van der Waals surface area contributed by atoms with Gasteiger partial charge in [0.2, 0.25) is 0 Å². The lowest BCUT2D eigenvalue weighted by molar-refractivity contribution is -0.142. The van der Waals surface area contributed by atoms with E-state index in [1.807, 2.05) is 32.0 Å². The summed E-state index contributed by atoms with van der Waals surface area (Å²) in [5, 5.41) is 3.43. The van der Waals surface area contributed by atoms with Gasteiger partial charge >= 0.3 is 5.97 Å². The topological polar surface area (TPSA) is 55.4 Å². The van der Waals surface area contributed by atoms with Crippen LogP contribution in [0, 0.1) is 6.92 Å². The summed E-state index contributed by atoms with van der Waals surface area (Å²) < 4.78 is 4.97. The molecule has 0 radical (unpaired) electrons. The van der Waals surface area contributed by atoms with Crippen molar-refractivity contribution in [1.29, 1.82) is 0 Å². The molecule has 2 aromatic carbocycles. The summed E-state index contributed by atoms with van der Waals surface area (Å²) >= 11 is 5.80. The highest BCUT2D eigenvalue weighted by molar-refractivity contribution is 6.30. The number of esters is 1. The molecule has 0 unspecified atom stereocenters. The zero-order valence-electron chi connectivity index (χ0n) is 14.2. The van der Waals surface area contributed by atoms with Gasteiger partial charge in [-0.25, -0.2) is 4.79 Å². The van der Waals surface area contributed by atoms with Gasteiger partial charge < -0.3 is 10.1 Å². The van der Waals surface area contributed by atoms with Gasteiger partial charge in [-0.3, -0.25) is 4.79 Å². The third-order valence-corrected chi connectivity index (χ3v) is 3.88. The van der Waals surface area contributed by atoms with Crippen molar-refractivity contribution in [2.24, 2.45) is 0 Å². The van der Waals surface area contributed by atoms with Crippen molar-refractivity contribution in [3.8, 4) is 0 Å². The lowest BCUT2D eigenvalue weighted by atomic mass is 10.1. The summed E-state index contributed by atoms with van der Waals surface area (Å²) in [7, 11) is 0. The Morgan fingerprint density at radius 3 is 2.56 bits per heavy atom. The van der Waals surface area contributed by atoms with Crippen LogP contribution >= 0.6 is 11.6 Å². The van der Waals surface area contributed by atoms with Crippen molar-refractivity contribution in [1.82, 2.24) is 0 Å². The minimum Gasteiger partial charge on any atom is -0.452 e. The second-order valence-corrected chi connectivity index (χ2v) is 5.94. The van der Waals surface area contributed by atoms with E-state index in [2.05, 4.69) is 5.32 Å². The molecule has 0 spiro atoms. The van der Waals surface area contributed by atoms with Crippen molar-refractivity contribution in [2.75, 3.05) is 11.9 Å². The van der Waals surface area contributed by atoms with E-state index in [0.717, 1.165) is 28.8 Å². The number of amides is 1. The van der Waals surface area contributed by atoms with Gasteiger partial charge in [0.1, 0.15) is 0 Å². The van der Waals surface area contributed by atoms with Gasteiger partial charge in [-0.15, -0.1) is 0 Å². The number of carbonyl (C=O) groups excluding carboxylic acids is 2. The van der Waals surface area contributed by atoms with Crippen LogP contribution in [-0.2, 0) is 20.7 Å². The highest BCUT2D eigenvalue weighted by atomic mass is 35.5. The number of rotatable bonds is 6. The van der Waals surface area contributed by atoms with E-state index in [0.29, 0.717) is 5.02 Å². The Kier molecular flexibility index (Phi) is 6.78. The van der Waals surface area contributed by atoms with Crippen LogP contribution < -0.4 is 5.32 Å². The maximum absolute atomic E-state index is 12.0. The van der Waals surface area contributed by atoms with Gasteiger partial charge in [-0.2, -0.15) is 0 Å². The predicted octanol–water partition coefficient (Wildman–Crippen LogP) is 4.41. The third-order valence-electron chi connectivity index (χ3n) is 3.63. The second-order valence-electron chi connectivity index (χ2n) is 5.50. The molecule has 2 rings (SSSR count). The van der Waals surface area contributed by atoms with E-state index in [4.69, 9.17) is 16.3 Å². The van der Waals surface area contributed by atoms with Crippen LogP contribution in [0.15, 0.2) is 48.5 Å². The largest absolute Gasteiger partial charge is 0.452 e. The maximum Gasteiger partial charge on any atom is 0.331 e. The molecule has 0 fully saturated rings. The van der Waals surface area contributed by atoms with Crippen molar-refractivity contribution < 1.29 is 14.3 Å². The Morgan fingerprint density at radius 2 is 1.88 bits per heavy atom. The van der Waals surface area contributed by atoms with Gasteiger partial charge in [-0.1, -0.05) is 48.9 Å². The Balaban J connectivity index is 1.87. The van der Waals surface area contributed by atoms with Gasteiger partial charge in [0.15, 0.2) is 6.61 Å². The normalized spacial score (nSPS) is 10.7. The van der Waals surface area contributed by atoms with E-state index < -0.39 is 5.97 Å². The van der Waals surface area contributed by atoms with Crippen molar-refractivity contribution in [3.63, 3.8) is 0 Å². The van der Waals surface area contributed by atoms with E-state index in [9.17, 15) is 9.59 Å². The number of hydrogen-bond donors (Lipinski definition) is 1. The number of carbonyl (C=O) groups is 2. The number of hydrogen-bond acceptors (Lipinski definition) is 3. The lowest BCUT2D eigenvalue weighted by Crippen LogP contribution is -2.21. The summed E-state index contributed by atoms with van der Waals surface area (Å²) in [5.74, 6) is -0.942. The van der Waals surface area contributed by atoms with Crippen LogP contribution in [0.25, 0.3) is 6.08 Å². The molecule has 1 amide bonds. The minimum atomic E-state index is -0.578. The number of halogens is 1. The second kappa shape index (κ2) is 9.04. The van der Waals surface area contributed by atoms with E-state index in [1.54, 1.807) is 30.3 Å². The summed E-state index contributed by atoms with van der Waals surface area (Å²) in [5.41, 5.74) is 3.62. The molecule has 0 aliphatic heterocycles. The van der Waals surface area contributed by atoms with Crippen LogP contribution in [0.5, 0.6) is 0 Å². The molecule has 0 atom stereocenters. The monoisotopic (exact) mass is 357 g/mol. The SMILES string of the molecule is CCc1cccc(C)c1NC(=O)COC(=O)/C=C/c1ccc(Cl)cc1. The first-order chi connectivity index (χ1) is 12.0. The van der Waals surface area contributed by atoms with E-state index >= 15 is 0 Å². The molecular weight excluding hydrogens is 338 g/mol. The fraction of sp³-hybridized carbons (Fsp3) is 0.200. The molecule has 25 heavy (non-hydrogen) atoms. The van der Waals surface area contributed by atoms with Crippen LogP contribution in [0.1, 0.15) is 23.6 Å². The summed E-state index contributed by atoms with van der Waals surface area (Å²) in [4.78, 5) is 23.7. The van der Waals surface area contributed by atoms with Crippen molar-refractivity contribution in [2.45, 2.75) is 20.3 Å². The molecule has 1 N–H and O–H groups in total. The first-order valence-electron chi connectivity index (χ1n) is 7.98. The Labute approximate surface area is 152 Å². The fourth-order valence-electron chi connectivity index (χ4n) is 2.30. The van der Waals surface area contributed by atoms with Crippen molar-refractivity contribution >= 4 is 35.2 Å². The lowest BCUT2D eigenvalue weighted by Gasteiger charge is -2.12. The first kappa shape index (κ1) is 18.7. The molecule has 0 saturated carbocycles. The zero-order valence-corrected chi connectivity index (χ0v) is 15.0. The Bertz CT molecular complexity index is 782. The molecule has 0 heterocycles. The molecule has 0 saturated heterocycles.